The summed E-state index contributed by atoms with van der Waals surface area (Å²) in [6.07, 6.45) is 0. The molecule has 1 amide bonds. The zero-order chi connectivity index (χ0) is 13.8. The minimum Gasteiger partial charge on any atom is -0.465 e. The Kier molecular flexibility index (Phi) is 4.06. The van der Waals surface area contributed by atoms with Crippen molar-refractivity contribution < 1.29 is 9.21 Å². The molecule has 5 nitrogen and oxygen atoms in total. The van der Waals surface area contributed by atoms with E-state index < -0.39 is 0 Å². The van der Waals surface area contributed by atoms with E-state index in [0.717, 1.165) is 5.76 Å². The van der Waals surface area contributed by atoms with E-state index in [9.17, 15) is 4.79 Å². The first kappa shape index (κ1) is 13.4. The van der Waals surface area contributed by atoms with Crippen molar-refractivity contribution >= 4 is 23.3 Å². The number of carbonyl (C=O) groups is 1. The number of amides is 1. The van der Waals surface area contributed by atoms with Crippen LogP contribution in [0.25, 0.3) is 0 Å². The van der Waals surface area contributed by atoms with Crippen LogP contribution in [-0.4, -0.2) is 17.9 Å². The molecule has 0 fully saturated rings. The van der Waals surface area contributed by atoms with Gasteiger partial charge in [0.25, 0.3) is 5.91 Å². The first-order valence-electron chi connectivity index (χ1n) is 5.78. The fourth-order valence-corrected chi connectivity index (χ4v) is 1.76. The molecule has 2 N–H and O–H groups in total. The Balaban J connectivity index is 2.07. The molecule has 0 aliphatic carbocycles. The summed E-state index contributed by atoms with van der Waals surface area (Å²) >= 11 is 5.96. The quantitative estimate of drug-likeness (QED) is 0.903. The van der Waals surface area contributed by atoms with E-state index in [-0.39, 0.29) is 11.6 Å². The van der Waals surface area contributed by atoms with Gasteiger partial charge in [-0.05, 0) is 31.2 Å². The Hall–Kier alpha value is -2.01. The Labute approximate surface area is 116 Å². The third kappa shape index (κ3) is 3.26. The molecule has 0 aliphatic rings. The Morgan fingerprint density at radius 1 is 1.37 bits per heavy atom. The minimum absolute atomic E-state index is 0.191. The highest BCUT2D eigenvalue weighted by atomic mass is 35.5. The third-order valence-electron chi connectivity index (χ3n) is 2.54. The van der Waals surface area contributed by atoms with Gasteiger partial charge in [-0.1, -0.05) is 11.6 Å². The van der Waals surface area contributed by atoms with Gasteiger partial charge in [0.15, 0.2) is 0 Å². The van der Waals surface area contributed by atoms with Crippen LogP contribution < -0.4 is 10.6 Å². The molecule has 0 saturated carbocycles. The molecule has 0 aliphatic heterocycles. The van der Waals surface area contributed by atoms with Gasteiger partial charge in [-0.3, -0.25) is 4.79 Å². The SMILES string of the molecule is CNc1ccc(Cl)c(C(=O)NCc2ccc(C)o2)n1. The van der Waals surface area contributed by atoms with E-state index in [1.165, 1.54) is 0 Å². The Morgan fingerprint density at radius 3 is 2.79 bits per heavy atom. The van der Waals surface area contributed by atoms with E-state index in [0.29, 0.717) is 23.1 Å². The molecule has 0 spiro atoms. The van der Waals surface area contributed by atoms with Crippen molar-refractivity contribution in [2.45, 2.75) is 13.5 Å². The van der Waals surface area contributed by atoms with Gasteiger partial charge in [-0.15, -0.1) is 0 Å². The highest BCUT2D eigenvalue weighted by molar-refractivity contribution is 6.33. The molecule has 2 rings (SSSR count). The summed E-state index contributed by atoms with van der Waals surface area (Å²) in [7, 11) is 1.73. The molecule has 0 unspecified atom stereocenters. The number of furan rings is 1. The number of nitrogens with one attached hydrogen (secondary N) is 2. The fraction of sp³-hybridized carbons (Fsp3) is 0.231. The molecule has 0 atom stereocenters. The molecule has 2 heterocycles. The van der Waals surface area contributed by atoms with Crippen molar-refractivity contribution in [1.29, 1.82) is 0 Å². The van der Waals surface area contributed by atoms with Crippen LogP contribution in [0.1, 0.15) is 22.0 Å². The van der Waals surface area contributed by atoms with E-state index in [4.69, 9.17) is 16.0 Å². The van der Waals surface area contributed by atoms with E-state index in [1.807, 2.05) is 19.1 Å². The van der Waals surface area contributed by atoms with Crippen molar-refractivity contribution in [1.82, 2.24) is 10.3 Å². The predicted octanol–water partition coefficient (Wildman–Crippen LogP) is 2.61. The van der Waals surface area contributed by atoms with Crippen molar-refractivity contribution in [2.24, 2.45) is 0 Å². The lowest BCUT2D eigenvalue weighted by Gasteiger charge is -2.06. The maximum Gasteiger partial charge on any atom is 0.271 e. The Morgan fingerprint density at radius 2 is 2.16 bits per heavy atom. The number of aromatic nitrogens is 1. The Bertz CT molecular complexity index is 595. The zero-order valence-electron chi connectivity index (χ0n) is 10.7. The van der Waals surface area contributed by atoms with Gasteiger partial charge in [-0.25, -0.2) is 4.98 Å². The summed E-state index contributed by atoms with van der Waals surface area (Å²) in [6, 6.07) is 6.99. The first-order chi connectivity index (χ1) is 9.10. The minimum atomic E-state index is -0.337. The van der Waals surface area contributed by atoms with E-state index in [1.54, 1.807) is 19.2 Å². The fourth-order valence-electron chi connectivity index (χ4n) is 1.57. The number of pyridine rings is 1. The summed E-state index contributed by atoms with van der Waals surface area (Å²) in [4.78, 5) is 16.1. The second kappa shape index (κ2) is 5.75. The summed E-state index contributed by atoms with van der Waals surface area (Å²) in [5.41, 5.74) is 0.191. The average Bonchev–Trinajstić information content (AvgIpc) is 2.82. The van der Waals surface area contributed by atoms with Gasteiger partial charge in [0.2, 0.25) is 0 Å². The van der Waals surface area contributed by atoms with Gasteiger partial charge < -0.3 is 15.1 Å². The standard InChI is InChI=1S/C13H14ClN3O2/c1-8-3-4-9(19-8)7-16-13(18)12-10(14)5-6-11(15-2)17-12/h3-6H,7H2,1-2H3,(H,15,17)(H,16,18). The molecule has 0 radical (unpaired) electrons. The third-order valence-corrected chi connectivity index (χ3v) is 2.84. The number of halogens is 1. The smallest absolute Gasteiger partial charge is 0.271 e. The lowest BCUT2D eigenvalue weighted by molar-refractivity contribution is 0.0943. The van der Waals surface area contributed by atoms with Crippen LogP contribution in [0.4, 0.5) is 5.82 Å². The molecule has 0 bridgehead atoms. The number of carbonyl (C=O) groups excluding carboxylic acids is 1. The largest absolute Gasteiger partial charge is 0.465 e. The highest BCUT2D eigenvalue weighted by Gasteiger charge is 2.13. The molecule has 19 heavy (non-hydrogen) atoms. The molecular weight excluding hydrogens is 266 g/mol. The van der Waals surface area contributed by atoms with Crippen LogP contribution in [-0.2, 0) is 6.54 Å². The first-order valence-corrected chi connectivity index (χ1v) is 6.16. The summed E-state index contributed by atoms with van der Waals surface area (Å²) in [5.74, 6) is 1.74. The van der Waals surface area contributed by atoms with Crippen LogP contribution in [0.5, 0.6) is 0 Å². The second-order valence-electron chi connectivity index (χ2n) is 3.97. The second-order valence-corrected chi connectivity index (χ2v) is 4.38. The van der Waals surface area contributed by atoms with Crippen LogP contribution in [0.2, 0.25) is 5.02 Å². The number of nitrogens with zero attached hydrogens (tertiary/aromatic N) is 1. The van der Waals surface area contributed by atoms with Gasteiger partial charge >= 0.3 is 0 Å². The average molecular weight is 280 g/mol. The van der Waals surface area contributed by atoms with Crippen LogP contribution >= 0.6 is 11.6 Å². The number of hydrogen-bond acceptors (Lipinski definition) is 4. The number of rotatable bonds is 4. The van der Waals surface area contributed by atoms with Gasteiger partial charge in [0.05, 0.1) is 11.6 Å². The van der Waals surface area contributed by atoms with Crippen molar-refractivity contribution in [3.8, 4) is 0 Å². The maximum atomic E-state index is 12.0. The maximum absolute atomic E-state index is 12.0. The normalized spacial score (nSPS) is 10.3. The monoisotopic (exact) mass is 279 g/mol. The molecule has 100 valence electrons. The van der Waals surface area contributed by atoms with E-state index in [2.05, 4.69) is 15.6 Å². The van der Waals surface area contributed by atoms with Crippen LogP contribution in [0.3, 0.4) is 0 Å². The molecule has 6 heteroatoms. The molecular formula is C13H14ClN3O2. The topological polar surface area (TPSA) is 67.2 Å². The van der Waals surface area contributed by atoms with Crippen molar-refractivity contribution in [2.75, 3.05) is 12.4 Å². The summed E-state index contributed by atoms with van der Waals surface area (Å²) < 4.78 is 5.36. The number of aryl methyl sites for hydroxylation is 1. The van der Waals surface area contributed by atoms with Gasteiger partial charge in [-0.2, -0.15) is 0 Å². The summed E-state index contributed by atoms with van der Waals surface area (Å²) in [6.45, 7) is 2.15. The van der Waals surface area contributed by atoms with Gasteiger partial charge in [0.1, 0.15) is 23.0 Å². The number of anilines is 1. The van der Waals surface area contributed by atoms with Crippen LogP contribution in [0.15, 0.2) is 28.7 Å². The van der Waals surface area contributed by atoms with Crippen molar-refractivity contribution in [3.63, 3.8) is 0 Å². The van der Waals surface area contributed by atoms with E-state index >= 15 is 0 Å². The lowest BCUT2D eigenvalue weighted by atomic mass is 10.3. The molecule has 2 aromatic heterocycles. The zero-order valence-corrected chi connectivity index (χ0v) is 11.4. The van der Waals surface area contributed by atoms with Gasteiger partial charge in [0, 0.05) is 7.05 Å². The highest BCUT2D eigenvalue weighted by Crippen LogP contribution is 2.16. The number of hydrogen-bond donors (Lipinski definition) is 2. The van der Waals surface area contributed by atoms with Crippen molar-refractivity contribution in [3.05, 3.63) is 46.5 Å². The van der Waals surface area contributed by atoms with Crippen LogP contribution in [0, 0.1) is 6.92 Å². The predicted molar refractivity (Wildman–Crippen MR) is 73.4 cm³/mol. The molecule has 2 aromatic rings. The lowest BCUT2D eigenvalue weighted by Crippen LogP contribution is -2.24. The summed E-state index contributed by atoms with van der Waals surface area (Å²) in [5, 5.41) is 5.88. The molecule has 0 saturated heterocycles. The molecule has 0 aromatic carbocycles.